The Balaban J connectivity index is 0.00000686. The van der Waals surface area contributed by atoms with Gasteiger partial charge in [0.15, 0.2) is 0 Å². The van der Waals surface area contributed by atoms with E-state index in [1.165, 1.54) is 0 Å². The van der Waals surface area contributed by atoms with Crippen LogP contribution in [0.15, 0.2) is 243 Å². The normalized spacial score (nSPS) is 11.8. The fourth-order valence-electron chi connectivity index (χ4n) is 14.2. The Morgan fingerprint density at radius 3 is 0.602 bits per heavy atom. The molecule has 3 aliphatic rings. The minimum Gasteiger partial charge on any atom is -0.656 e. The van der Waals surface area contributed by atoms with Crippen molar-refractivity contribution in [1.82, 2.24) is 19.9 Å². The van der Waals surface area contributed by atoms with Gasteiger partial charge in [-0.15, -0.1) is 22.1 Å². The van der Waals surface area contributed by atoms with E-state index in [-0.39, 0.29) is 20.4 Å². The number of hydrogen-bond donors (Lipinski definition) is 0. The van der Waals surface area contributed by atoms with Crippen molar-refractivity contribution in [1.29, 1.82) is 0 Å². The van der Waals surface area contributed by atoms with E-state index in [4.69, 9.17) is 19.9 Å². The summed E-state index contributed by atoms with van der Waals surface area (Å²) in [6, 6.07) is 89.6. The zero-order chi connectivity index (χ0) is 62.2. The van der Waals surface area contributed by atoms with Gasteiger partial charge in [0.05, 0.1) is 22.8 Å². The van der Waals surface area contributed by atoms with E-state index < -0.39 is 0 Å². The molecule has 0 atom stereocenters. The fraction of sp³-hybridized carbons (Fsp3) is 0.0952. The molecule has 2 aromatic heterocycles. The van der Waals surface area contributed by atoms with Crippen LogP contribution in [0.1, 0.15) is 0 Å². The monoisotopic (exact) mass is 1290 g/mol. The molecule has 8 nitrogen and oxygen atoms in total. The molecule has 0 saturated heterocycles. The maximum Gasteiger partial charge on any atom is 2.00 e. The summed E-state index contributed by atoms with van der Waals surface area (Å²) in [5.74, 6) is 0. The van der Waals surface area contributed by atoms with Crippen molar-refractivity contribution < 1.29 is 20.4 Å². The fourth-order valence-corrected chi connectivity index (χ4v) is 14.2. The number of benzene rings is 12. The minimum atomic E-state index is 0. The largest absolute Gasteiger partial charge is 2.00 e. The van der Waals surface area contributed by atoms with Crippen molar-refractivity contribution in [2.75, 3.05) is 76.0 Å². The molecule has 450 valence electrons. The van der Waals surface area contributed by atoms with Crippen molar-refractivity contribution in [3.63, 3.8) is 0 Å². The predicted octanol–water partition coefficient (Wildman–Crippen LogP) is 20.1. The molecule has 12 aromatic carbocycles. The molecule has 1 aliphatic carbocycles. The standard InChI is InChI=1S/C84H64N8.Pd/c1-89(2)61-33-25-49(26-34-61)73-77-65-41-53-17-9-11-19-55(53)43-67(65)79(85-77)74(50-27-35-62(36-28-50)90(3)4)81-69-45-57-21-13-15-23-59(57)47-71(69)83(87-81)76(52-31-39-64(40-32-52)92(7)8)84-72-48-60-24-16-14-22-58(60)46-70(72)82(88-84)75(51-29-37-63(38-30-51)91(5)6)80-68-44-56-20-12-10-18-54(56)42-66(68)78(73)86-80;/h9-48H,1-8H3;/q-2;+2. The Kier molecular flexibility index (Phi) is 13.7. The summed E-state index contributed by atoms with van der Waals surface area (Å²) in [5.41, 5.74) is 22.9. The van der Waals surface area contributed by atoms with Crippen molar-refractivity contribution in [2.24, 2.45) is 0 Å². The average molecular weight is 1290 g/mol. The summed E-state index contributed by atoms with van der Waals surface area (Å²) in [6.07, 6.45) is 0. The van der Waals surface area contributed by atoms with Crippen LogP contribution in [-0.4, -0.2) is 66.3 Å². The summed E-state index contributed by atoms with van der Waals surface area (Å²) in [4.78, 5) is 33.7. The van der Waals surface area contributed by atoms with Gasteiger partial charge in [-0.2, -0.15) is 0 Å². The number of anilines is 4. The maximum atomic E-state index is 6.26. The number of hydrogen-bond acceptors (Lipinski definition) is 6. The molecule has 93 heavy (non-hydrogen) atoms. The van der Waals surface area contributed by atoms with Gasteiger partial charge in [0, 0.05) is 101 Å². The first-order chi connectivity index (χ1) is 44.9. The SMILES string of the molecule is CN(C)c1ccc(-c2c3nc(c(-c4ccc(N(C)C)cc4)c4[n-]c(c(-c5ccc(N(C)C)cc5)c5nc(c(-c6ccc(N(C)C)cc6)c6[n-]c2c2cc7ccccc7cc62)-c2cc6ccccc6cc2-5)c2cc5ccccc5cc42)-c2cc4ccccc4cc2-3)cc1.[Pd+2]. The van der Waals surface area contributed by atoms with Crippen molar-refractivity contribution >= 4 is 109 Å². The predicted molar refractivity (Wildman–Crippen MR) is 392 cm³/mol. The molecule has 0 saturated carbocycles. The van der Waals surface area contributed by atoms with Crippen LogP contribution in [-0.2, 0) is 20.4 Å². The smallest absolute Gasteiger partial charge is 0.656 e. The Morgan fingerprint density at radius 1 is 0.237 bits per heavy atom. The molecule has 9 heteroatoms. The molecule has 0 fully saturated rings. The Bertz CT molecular complexity index is 5040. The van der Waals surface area contributed by atoms with Gasteiger partial charge >= 0.3 is 20.4 Å². The Labute approximate surface area is 554 Å². The summed E-state index contributed by atoms with van der Waals surface area (Å²) in [7, 11) is 16.8. The zero-order valence-corrected chi connectivity index (χ0v) is 54.5. The van der Waals surface area contributed by atoms with Gasteiger partial charge in [-0.3, -0.25) is 0 Å². The third kappa shape index (κ3) is 9.36. The number of fused-ring (bicyclic) bond motifs is 4. The first-order valence-corrected chi connectivity index (χ1v) is 31.5. The molecule has 0 spiro atoms. The van der Waals surface area contributed by atoms with Crippen LogP contribution in [0.3, 0.4) is 0 Å². The number of rotatable bonds is 8. The van der Waals surface area contributed by atoms with Gasteiger partial charge in [0.1, 0.15) is 0 Å². The van der Waals surface area contributed by atoms with Gasteiger partial charge in [0.25, 0.3) is 0 Å². The second kappa shape index (κ2) is 22.2. The topological polar surface area (TPSA) is 66.9 Å². The van der Waals surface area contributed by atoms with Crippen LogP contribution >= 0.6 is 0 Å². The van der Waals surface area contributed by atoms with Crippen LogP contribution in [0.2, 0.25) is 0 Å². The van der Waals surface area contributed by atoms with E-state index in [9.17, 15) is 0 Å². The average Bonchev–Trinajstić information content (AvgIpc) is 1.56. The van der Waals surface area contributed by atoms with Crippen LogP contribution in [0.25, 0.3) is 176 Å². The van der Waals surface area contributed by atoms with Gasteiger partial charge in [-0.05, 0) is 206 Å². The third-order valence-electron chi connectivity index (χ3n) is 19.1. The summed E-state index contributed by atoms with van der Waals surface area (Å²) >= 11 is 0. The zero-order valence-electron chi connectivity index (χ0n) is 53.0. The van der Waals surface area contributed by atoms with Gasteiger partial charge in [-0.25, -0.2) is 9.97 Å². The van der Waals surface area contributed by atoms with E-state index in [1.807, 2.05) is 0 Å². The summed E-state index contributed by atoms with van der Waals surface area (Å²) < 4.78 is 0. The summed E-state index contributed by atoms with van der Waals surface area (Å²) in [5, 5.41) is 13.1. The number of aromatic nitrogens is 4. The maximum absolute atomic E-state index is 6.26. The first-order valence-electron chi connectivity index (χ1n) is 31.5. The van der Waals surface area contributed by atoms with Gasteiger partial charge in [-0.1, -0.05) is 146 Å². The van der Waals surface area contributed by atoms with Crippen LogP contribution in [0, 0.1) is 0 Å². The third-order valence-corrected chi connectivity index (χ3v) is 19.1. The van der Waals surface area contributed by atoms with E-state index in [0.29, 0.717) is 0 Å². The molecule has 0 amide bonds. The van der Waals surface area contributed by atoms with Crippen molar-refractivity contribution in [2.45, 2.75) is 0 Å². The molecule has 0 radical (unpaired) electrons. The van der Waals surface area contributed by atoms with E-state index >= 15 is 0 Å². The molecule has 2 aliphatic heterocycles. The molecular formula is C84H64N8Pd. The number of nitrogens with zero attached hydrogens (tertiary/aromatic N) is 8. The molecule has 4 heterocycles. The molecule has 17 rings (SSSR count). The van der Waals surface area contributed by atoms with Crippen molar-refractivity contribution in [3.05, 3.63) is 243 Å². The molecule has 0 unspecified atom stereocenters. The van der Waals surface area contributed by atoms with Gasteiger partial charge < -0.3 is 29.6 Å². The Morgan fingerprint density at radius 2 is 0.419 bits per heavy atom. The second-order valence-corrected chi connectivity index (χ2v) is 25.5. The minimum absolute atomic E-state index is 0. The van der Waals surface area contributed by atoms with Crippen LogP contribution in [0.5, 0.6) is 0 Å². The first kappa shape index (κ1) is 57.3. The van der Waals surface area contributed by atoms with E-state index in [2.05, 4.69) is 319 Å². The quantitative estimate of drug-likeness (QED) is 0.139. The van der Waals surface area contributed by atoms with Crippen molar-refractivity contribution in [3.8, 4) is 89.5 Å². The molecule has 0 N–H and O–H groups in total. The van der Waals surface area contributed by atoms with Crippen LogP contribution in [0.4, 0.5) is 22.7 Å². The molecule has 8 bridgehead atoms. The van der Waals surface area contributed by atoms with E-state index in [0.717, 1.165) is 199 Å². The Hall–Kier alpha value is -10.8. The van der Waals surface area contributed by atoms with Crippen LogP contribution < -0.4 is 29.6 Å². The molecule has 14 aromatic rings. The summed E-state index contributed by atoms with van der Waals surface area (Å²) in [6.45, 7) is 0. The van der Waals surface area contributed by atoms with Gasteiger partial charge in [0.2, 0.25) is 0 Å². The van der Waals surface area contributed by atoms with E-state index in [1.54, 1.807) is 0 Å². The molecular weight excluding hydrogens is 1230 g/mol. The second-order valence-electron chi connectivity index (χ2n) is 25.5.